The predicted octanol–water partition coefficient (Wildman–Crippen LogP) is 9.58. The zero-order chi connectivity index (χ0) is 26.9. The summed E-state index contributed by atoms with van der Waals surface area (Å²) in [7, 11) is 0. The maximum absolute atomic E-state index is 5.54. The smallest absolute Gasteiger partial charge is 0.0242 e. The predicted molar refractivity (Wildman–Crippen MR) is 166 cm³/mol. The molecule has 0 bridgehead atoms. The lowest BCUT2D eigenvalue weighted by Crippen LogP contribution is -2.23. The number of aryl methyl sites for hydroxylation is 1. The van der Waals surface area contributed by atoms with Crippen LogP contribution in [0.3, 0.4) is 0 Å². The van der Waals surface area contributed by atoms with Crippen LogP contribution in [0, 0.1) is 24.2 Å². The number of rotatable bonds is 10. The molecule has 4 aromatic carbocycles. The zero-order valence-electron chi connectivity index (χ0n) is 23.1. The van der Waals surface area contributed by atoms with Crippen molar-refractivity contribution in [1.82, 2.24) is 0 Å². The van der Waals surface area contributed by atoms with Gasteiger partial charge in [-0.2, -0.15) is 0 Å². The van der Waals surface area contributed by atoms with E-state index in [1.165, 1.54) is 59.1 Å². The molecule has 0 amide bonds. The Morgan fingerprint density at radius 1 is 0.692 bits per heavy atom. The fourth-order valence-electron chi connectivity index (χ4n) is 6.42. The molecule has 0 heteroatoms. The molecule has 4 aromatic rings. The van der Waals surface area contributed by atoms with Gasteiger partial charge in [-0.25, -0.2) is 0 Å². The van der Waals surface area contributed by atoms with Crippen molar-refractivity contribution in [3.63, 3.8) is 0 Å². The molecule has 1 fully saturated rings. The molecule has 1 aliphatic carbocycles. The largest absolute Gasteiger partial charge is 0.115 e. The minimum absolute atomic E-state index is 0.426. The van der Waals surface area contributed by atoms with Crippen LogP contribution in [0.1, 0.15) is 71.4 Å². The Labute approximate surface area is 235 Å². The van der Waals surface area contributed by atoms with Crippen molar-refractivity contribution in [2.24, 2.45) is 11.8 Å². The van der Waals surface area contributed by atoms with E-state index >= 15 is 0 Å². The molecule has 1 unspecified atom stereocenters. The first kappa shape index (κ1) is 26.8. The Kier molecular flexibility index (Phi) is 9.13. The van der Waals surface area contributed by atoms with Gasteiger partial charge in [0.15, 0.2) is 0 Å². The molecule has 0 heterocycles. The van der Waals surface area contributed by atoms with E-state index in [9.17, 15) is 0 Å². The second-order valence-electron chi connectivity index (χ2n) is 11.4. The van der Waals surface area contributed by atoms with Crippen LogP contribution in [0.5, 0.6) is 0 Å². The summed E-state index contributed by atoms with van der Waals surface area (Å²) in [4.78, 5) is 0. The van der Waals surface area contributed by atoms with Crippen molar-refractivity contribution in [3.05, 3.63) is 155 Å². The number of hydrogen-bond acceptors (Lipinski definition) is 0. The van der Waals surface area contributed by atoms with Crippen LogP contribution >= 0.6 is 0 Å². The molecule has 1 atom stereocenters. The molecule has 0 radical (unpaired) electrons. The van der Waals surface area contributed by atoms with Crippen LogP contribution in [0.15, 0.2) is 121 Å². The normalized spacial score (nSPS) is 17.7. The van der Waals surface area contributed by atoms with Crippen molar-refractivity contribution in [2.45, 2.75) is 57.3 Å². The summed E-state index contributed by atoms with van der Waals surface area (Å²) in [6.45, 7) is 4.70. The lowest BCUT2D eigenvalue weighted by atomic mass is 9.69. The Morgan fingerprint density at radius 2 is 1.26 bits per heavy atom. The van der Waals surface area contributed by atoms with Crippen molar-refractivity contribution < 1.29 is 0 Å². The van der Waals surface area contributed by atoms with E-state index in [0.717, 1.165) is 37.2 Å². The highest BCUT2D eigenvalue weighted by atomic mass is 14.3. The summed E-state index contributed by atoms with van der Waals surface area (Å²) in [5, 5.41) is 0. The summed E-state index contributed by atoms with van der Waals surface area (Å²) < 4.78 is 0. The van der Waals surface area contributed by atoms with Crippen molar-refractivity contribution in [2.75, 3.05) is 0 Å². The molecule has 196 valence electrons. The fraction of sp³-hybridized carbons (Fsp3) is 0.282. The first-order valence-corrected chi connectivity index (χ1v) is 14.6. The number of hydrogen-bond donors (Lipinski definition) is 0. The number of terminal acetylenes is 1. The molecular formula is C39H40. The van der Waals surface area contributed by atoms with Crippen molar-refractivity contribution in [1.29, 1.82) is 0 Å². The van der Waals surface area contributed by atoms with Crippen LogP contribution in [0.2, 0.25) is 0 Å². The van der Waals surface area contributed by atoms with Crippen LogP contribution < -0.4 is 0 Å². The van der Waals surface area contributed by atoms with Crippen LogP contribution in [-0.4, -0.2) is 0 Å². The molecule has 1 aliphatic rings. The second kappa shape index (κ2) is 13.3. The summed E-state index contributed by atoms with van der Waals surface area (Å²) in [6.07, 6.45) is 14.9. The Hall–Kier alpha value is -3.82. The topological polar surface area (TPSA) is 0 Å². The van der Waals surface area contributed by atoms with Gasteiger partial charge in [-0.15, -0.1) is 6.42 Å². The van der Waals surface area contributed by atoms with Gasteiger partial charge in [-0.3, -0.25) is 0 Å². The Balaban J connectivity index is 1.27. The molecule has 0 saturated heterocycles. The van der Waals surface area contributed by atoms with Gasteiger partial charge in [0.1, 0.15) is 0 Å². The zero-order valence-corrected chi connectivity index (χ0v) is 23.1. The second-order valence-corrected chi connectivity index (χ2v) is 11.4. The van der Waals surface area contributed by atoms with Crippen molar-refractivity contribution in [3.8, 4) is 12.3 Å². The Morgan fingerprint density at radius 3 is 1.87 bits per heavy atom. The van der Waals surface area contributed by atoms with Gasteiger partial charge in [0.05, 0.1) is 0 Å². The van der Waals surface area contributed by atoms with Gasteiger partial charge >= 0.3 is 0 Å². The van der Waals surface area contributed by atoms with Crippen LogP contribution in [-0.2, 0) is 19.3 Å². The molecule has 1 saturated carbocycles. The minimum atomic E-state index is 0.426. The quantitative estimate of drug-likeness (QED) is 0.148. The van der Waals surface area contributed by atoms with E-state index in [1.54, 1.807) is 0 Å². The monoisotopic (exact) mass is 508 g/mol. The maximum atomic E-state index is 5.54. The van der Waals surface area contributed by atoms with Crippen LogP contribution in [0.4, 0.5) is 0 Å². The molecular weight excluding hydrogens is 468 g/mol. The van der Waals surface area contributed by atoms with Crippen molar-refractivity contribution >= 4 is 0 Å². The molecule has 39 heavy (non-hydrogen) atoms. The summed E-state index contributed by atoms with van der Waals surface area (Å²) in [5.74, 6) is 4.57. The SMILES string of the molecule is C#Cc1ccc(CC2CCC(C(C(=C)CCc3ccccc3)c3ccc(Cc4ccccc4)cc3)CC2)cc1. The van der Waals surface area contributed by atoms with Gasteiger partial charge in [0.25, 0.3) is 0 Å². The third-order valence-electron chi connectivity index (χ3n) is 8.62. The lowest BCUT2D eigenvalue weighted by Gasteiger charge is -2.35. The average molecular weight is 509 g/mol. The average Bonchev–Trinajstić information content (AvgIpc) is 2.99. The highest BCUT2D eigenvalue weighted by molar-refractivity contribution is 5.36. The van der Waals surface area contributed by atoms with E-state index < -0.39 is 0 Å². The minimum Gasteiger partial charge on any atom is -0.115 e. The number of allylic oxidation sites excluding steroid dienone is 1. The van der Waals surface area contributed by atoms with Gasteiger partial charge < -0.3 is 0 Å². The lowest BCUT2D eigenvalue weighted by molar-refractivity contribution is 0.252. The third-order valence-corrected chi connectivity index (χ3v) is 8.62. The van der Waals surface area contributed by atoms with E-state index in [1.807, 2.05) is 0 Å². The van der Waals surface area contributed by atoms with Gasteiger partial charge in [0.2, 0.25) is 0 Å². The molecule has 0 aliphatic heterocycles. The van der Waals surface area contributed by atoms with Gasteiger partial charge in [-0.05, 0) is 103 Å². The summed E-state index contributed by atoms with van der Waals surface area (Å²) in [6, 6.07) is 39.6. The molecule has 0 spiro atoms. The van der Waals surface area contributed by atoms with Gasteiger partial charge in [0, 0.05) is 11.5 Å². The molecule has 0 aromatic heterocycles. The first-order valence-electron chi connectivity index (χ1n) is 14.6. The standard InChI is InChI=1S/C39H40/c1-3-31-16-18-34(19-17-31)29-36-22-26-38(27-23-36)39(30(2)14-15-32-10-6-4-7-11-32)37-24-20-35(21-25-37)28-33-12-8-5-9-13-33/h1,4-13,16-21,24-25,36,38-39H,2,14-15,22-23,26-29H2. The maximum Gasteiger partial charge on any atom is 0.0242 e. The molecule has 0 N–H and O–H groups in total. The fourth-order valence-corrected chi connectivity index (χ4v) is 6.42. The molecule has 5 rings (SSSR count). The third kappa shape index (κ3) is 7.40. The number of benzene rings is 4. The van der Waals surface area contributed by atoms with E-state index in [-0.39, 0.29) is 0 Å². The molecule has 0 nitrogen and oxygen atoms in total. The Bertz CT molecular complexity index is 1350. The summed E-state index contributed by atoms with van der Waals surface area (Å²) in [5.41, 5.74) is 9.35. The highest BCUT2D eigenvalue weighted by Gasteiger charge is 2.30. The van der Waals surface area contributed by atoms with E-state index in [0.29, 0.717) is 11.8 Å². The summed E-state index contributed by atoms with van der Waals surface area (Å²) >= 11 is 0. The first-order chi connectivity index (χ1) is 19.2. The highest BCUT2D eigenvalue weighted by Crippen LogP contribution is 2.43. The van der Waals surface area contributed by atoms with Gasteiger partial charge in [-0.1, -0.05) is 115 Å². The van der Waals surface area contributed by atoms with E-state index in [4.69, 9.17) is 13.0 Å². The van der Waals surface area contributed by atoms with Crippen LogP contribution in [0.25, 0.3) is 0 Å². The van der Waals surface area contributed by atoms with E-state index in [2.05, 4.69) is 115 Å².